The van der Waals surface area contributed by atoms with E-state index in [2.05, 4.69) is 34.6 Å². The first-order valence-electron chi connectivity index (χ1n) is 9.15. The molecule has 0 aliphatic carbocycles. The van der Waals surface area contributed by atoms with Crippen LogP contribution >= 0.6 is 0 Å². The van der Waals surface area contributed by atoms with Gasteiger partial charge in [-0.15, -0.1) is 0 Å². The van der Waals surface area contributed by atoms with Gasteiger partial charge in [-0.05, 0) is 24.8 Å². The van der Waals surface area contributed by atoms with Crippen LogP contribution in [0.4, 0.5) is 11.8 Å². The first kappa shape index (κ1) is 18.2. The van der Waals surface area contributed by atoms with Crippen molar-refractivity contribution in [3.63, 3.8) is 0 Å². The number of aryl methyl sites for hydroxylation is 1. The van der Waals surface area contributed by atoms with E-state index in [0.29, 0.717) is 12.5 Å². The van der Waals surface area contributed by atoms with Crippen molar-refractivity contribution in [2.45, 2.75) is 32.7 Å². The van der Waals surface area contributed by atoms with Gasteiger partial charge in [0.1, 0.15) is 5.82 Å². The van der Waals surface area contributed by atoms with Gasteiger partial charge in [0.25, 0.3) is 0 Å². The Morgan fingerprint density at radius 1 is 1.23 bits per heavy atom. The van der Waals surface area contributed by atoms with Gasteiger partial charge in [0, 0.05) is 39.7 Å². The Kier molecular flexibility index (Phi) is 5.71. The van der Waals surface area contributed by atoms with Crippen LogP contribution in [0.15, 0.2) is 30.3 Å². The van der Waals surface area contributed by atoms with Gasteiger partial charge >= 0.3 is 0 Å². The molecule has 1 N–H and O–H groups in total. The molecule has 0 unspecified atom stereocenters. The summed E-state index contributed by atoms with van der Waals surface area (Å²) in [7, 11) is 3.87. The molecule has 0 bridgehead atoms. The highest BCUT2D eigenvalue weighted by atomic mass is 16.2. The molecule has 2 heterocycles. The monoisotopic (exact) mass is 353 g/mol. The maximum absolute atomic E-state index is 11.7. The van der Waals surface area contributed by atoms with Gasteiger partial charge < -0.3 is 15.1 Å². The zero-order valence-corrected chi connectivity index (χ0v) is 15.8. The lowest BCUT2D eigenvalue weighted by Crippen LogP contribution is -2.36. The highest BCUT2D eigenvalue weighted by Gasteiger charge is 2.24. The van der Waals surface area contributed by atoms with Gasteiger partial charge in [-0.2, -0.15) is 4.98 Å². The van der Waals surface area contributed by atoms with Crippen LogP contribution in [0.1, 0.15) is 30.2 Å². The van der Waals surface area contributed by atoms with Crippen molar-refractivity contribution < 1.29 is 4.79 Å². The number of fused-ring (bicyclic) bond motifs is 1. The molecule has 1 aromatic carbocycles. The summed E-state index contributed by atoms with van der Waals surface area (Å²) in [5.74, 6) is 1.69. The molecular formula is C20H27N5O. The Morgan fingerprint density at radius 2 is 2.00 bits per heavy atom. The average Bonchev–Trinajstić information content (AvgIpc) is 2.65. The van der Waals surface area contributed by atoms with E-state index in [0.717, 1.165) is 49.4 Å². The Balaban J connectivity index is 1.70. The number of benzene rings is 1. The summed E-state index contributed by atoms with van der Waals surface area (Å²) in [4.78, 5) is 24.8. The lowest BCUT2D eigenvalue weighted by Gasteiger charge is -2.29. The van der Waals surface area contributed by atoms with E-state index in [1.54, 1.807) is 6.92 Å². The van der Waals surface area contributed by atoms with Crippen molar-refractivity contribution in [3.8, 4) is 0 Å². The van der Waals surface area contributed by atoms with Gasteiger partial charge in [-0.1, -0.05) is 30.3 Å². The number of carbonyl (C=O) groups is 1. The topological polar surface area (TPSA) is 61.4 Å². The maximum atomic E-state index is 11.7. The smallest absolute Gasteiger partial charge is 0.227 e. The third-order valence-electron chi connectivity index (χ3n) is 4.68. The van der Waals surface area contributed by atoms with E-state index in [1.165, 1.54) is 5.56 Å². The van der Waals surface area contributed by atoms with Crippen LogP contribution in [0.3, 0.4) is 0 Å². The van der Waals surface area contributed by atoms with Crippen molar-refractivity contribution in [2.75, 3.05) is 37.4 Å². The van der Waals surface area contributed by atoms with Crippen LogP contribution in [0.5, 0.6) is 0 Å². The number of hydrogen-bond acceptors (Lipinski definition) is 5. The van der Waals surface area contributed by atoms with Crippen molar-refractivity contribution in [1.82, 2.24) is 14.9 Å². The van der Waals surface area contributed by atoms with Gasteiger partial charge in [0.2, 0.25) is 11.9 Å². The normalized spacial score (nSPS) is 13.3. The molecule has 0 atom stereocenters. The zero-order valence-electron chi connectivity index (χ0n) is 15.8. The molecule has 0 saturated heterocycles. The predicted molar refractivity (Wildman–Crippen MR) is 104 cm³/mol. The molecular weight excluding hydrogens is 326 g/mol. The molecule has 0 radical (unpaired) electrons. The van der Waals surface area contributed by atoms with Gasteiger partial charge in [0.15, 0.2) is 0 Å². The molecule has 26 heavy (non-hydrogen) atoms. The minimum atomic E-state index is 0.0954. The quantitative estimate of drug-likeness (QED) is 0.809. The Labute approximate surface area is 155 Å². The van der Waals surface area contributed by atoms with Crippen LogP contribution in [0, 0.1) is 0 Å². The van der Waals surface area contributed by atoms with Gasteiger partial charge in [-0.3, -0.25) is 4.79 Å². The second-order valence-corrected chi connectivity index (χ2v) is 6.90. The highest BCUT2D eigenvalue weighted by molar-refractivity contribution is 5.73. The van der Waals surface area contributed by atoms with Crippen LogP contribution in [-0.4, -0.2) is 48.0 Å². The van der Waals surface area contributed by atoms with Crippen molar-refractivity contribution >= 4 is 17.7 Å². The third-order valence-corrected chi connectivity index (χ3v) is 4.68. The molecule has 6 nitrogen and oxygen atoms in total. The maximum Gasteiger partial charge on any atom is 0.227 e. The van der Waals surface area contributed by atoms with Crippen LogP contribution in [0.25, 0.3) is 0 Å². The molecule has 0 saturated carbocycles. The molecule has 1 aliphatic rings. The van der Waals surface area contributed by atoms with E-state index in [1.807, 2.05) is 30.0 Å². The van der Waals surface area contributed by atoms with Gasteiger partial charge in [-0.25, -0.2) is 4.98 Å². The minimum Gasteiger partial charge on any atom is -0.370 e. The van der Waals surface area contributed by atoms with E-state index >= 15 is 0 Å². The molecule has 138 valence electrons. The van der Waals surface area contributed by atoms with Crippen LogP contribution < -0.4 is 10.2 Å². The minimum absolute atomic E-state index is 0.0954. The summed E-state index contributed by atoms with van der Waals surface area (Å²) < 4.78 is 0. The zero-order chi connectivity index (χ0) is 18.5. The third kappa shape index (κ3) is 4.31. The fraction of sp³-hybridized carbons (Fsp3) is 0.450. The van der Waals surface area contributed by atoms with Crippen LogP contribution in [0.2, 0.25) is 0 Å². The summed E-state index contributed by atoms with van der Waals surface area (Å²) in [5.41, 5.74) is 3.45. The largest absolute Gasteiger partial charge is 0.370 e. The Morgan fingerprint density at radius 3 is 2.69 bits per heavy atom. The average molecular weight is 353 g/mol. The number of hydrogen-bond donors (Lipinski definition) is 1. The summed E-state index contributed by atoms with van der Waals surface area (Å²) in [6, 6.07) is 10.5. The fourth-order valence-corrected chi connectivity index (χ4v) is 3.18. The van der Waals surface area contributed by atoms with E-state index in [-0.39, 0.29) is 5.91 Å². The first-order chi connectivity index (χ1) is 12.5. The SMILES string of the molecule is CC(=O)N1CCc2c(nc(N(C)C)nc2NCCCc2ccccc2)C1. The molecule has 0 spiro atoms. The number of rotatable bonds is 6. The number of aromatic nitrogens is 2. The van der Waals surface area contributed by atoms with E-state index < -0.39 is 0 Å². The lowest BCUT2D eigenvalue weighted by molar-refractivity contribution is -0.129. The van der Waals surface area contributed by atoms with E-state index in [9.17, 15) is 4.79 Å². The lowest BCUT2D eigenvalue weighted by atomic mass is 10.1. The standard InChI is InChI=1S/C20H27N5O/c1-15(26)25-13-11-17-18(14-25)22-20(24(2)3)23-19(17)21-12-7-10-16-8-5-4-6-9-16/h4-6,8-9H,7,10-14H2,1-3H3,(H,21,22,23). The first-order valence-corrected chi connectivity index (χ1v) is 9.15. The number of nitrogens with one attached hydrogen (secondary N) is 1. The molecule has 1 aliphatic heterocycles. The molecule has 2 aromatic rings. The second-order valence-electron chi connectivity index (χ2n) is 6.90. The summed E-state index contributed by atoms with van der Waals surface area (Å²) >= 11 is 0. The number of anilines is 2. The molecule has 0 fully saturated rings. The summed E-state index contributed by atoms with van der Waals surface area (Å²) in [6.07, 6.45) is 2.88. The van der Waals surface area contributed by atoms with Crippen molar-refractivity contribution in [3.05, 3.63) is 47.2 Å². The number of amides is 1. The molecule has 1 amide bonds. The van der Waals surface area contributed by atoms with Crippen molar-refractivity contribution in [2.24, 2.45) is 0 Å². The van der Waals surface area contributed by atoms with Crippen molar-refractivity contribution in [1.29, 1.82) is 0 Å². The number of nitrogens with zero attached hydrogens (tertiary/aromatic N) is 4. The Hall–Kier alpha value is -2.63. The number of carbonyl (C=O) groups excluding carboxylic acids is 1. The summed E-state index contributed by atoms with van der Waals surface area (Å²) in [6.45, 7) is 3.77. The molecule has 1 aromatic heterocycles. The second kappa shape index (κ2) is 8.17. The van der Waals surface area contributed by atoms with Gasteiger partial charge in [0.05, 0.1) is 12.2 Å². The van der Waals surface area contributed by atoms with Crippen LogP contribution in [-0.2, 0) is 24.2 Å². The summed E-state index contributed by atoms with van der Waals surface area (Å²) in [5, 5.41) is 3.50. The highest BCUT2D eigenvalue weighted by Crippen LogP contribution is 2.26. The predicted octanol–water partition coefficient (Wildman–Crippen LogP) is 2.49. The molecule has 6 heteroatoms. The Bertz CT molecular complexity index is 760. The molecule has 3 rings (SSSR count). The van der Waals surface area contributed by atoms with E-state index in [4.69, 9.17) is 4.98 Å². The fourth-order valence-electron chi connectivity index (χ4n) is 3.18.